The second kappa shape index (κ2) is 4.81. The molecule has 1 aromatic rings. The minimum Gasteiger partial charge on any atom is -0.283 e. The average Bonchev–Trinajstić information content (AvgIpc) is 2.25. The summed E-state index contributed by atoms with van der Waals surface area (Å²) in [4.78, 5) is 3.24. The van der Waals surface area contributed by atoms with Gasteiger partial charge in [-0.25, -0.2) is 0 Å². The van der Waals surface area contributed by atoms with Crippen LogP contribution in [-0.4, -0.2) is 18.3 Å². The van der Waals surface area contributed by atoms with Crippen molar-refractivity contribution in [2.75, 3.05) is 0 Å². The number of hydrogen-bond acceptors (Lipinski definition) is 1. The zero-order valence-corrected chi connectivity index (χ0v) is 8.88. The molecule has 1 aromatic carbocycles. The van der Waals surface area contributed by atoms with E-state index in [1.807, 2.05) is 0 Å². The molecule has 1 atom stereocenters. The van der Waals surface area contributed by atoms with Gasteiger partial charge in [-0.3, -0.25) is 4.99 Å². The van der Waals surface area contributed by atoms with Crippen LogP contribution in [0.15, 0.2) is 35.3 Å². The Hall–Kier alpha value is -1.46. The van der Waals surface area contributed by atoms with Crippen LogP contribution >= 0.6 is 0 Å². The summed E-state index contributed by atoms with van der Waals surface area (Å²) in [5, 5.41) is 0. The van der Waals surface area contributed by atoms with Gasteiger partial charge in [-0.2, -0.15) is 22.0 Å². The highest BCUT2D eigenvalue weighted by molar-refractivity contribution is 5.67. The third kappa shape index (κ3) is 3.51. The summed E-state index contributed by atoms with van der Waals surface area (Å²) in [5.41, 5.74) is 0.571. The maximum absolute atomic E-state index is 12.5. The molecule has 0 aliphatic heterocycles. The van der Waals surface area contributed by atoms with Crippen molar-refractivity contribution in [3.05, 3.63) is 35.9 Å². The molecular formula is C11H10F5N. The van der Waals surface area contributed by atoms with Gasteiger partial charge in [0.1, 0.15) is 0 Å². The molecule has 94 valence electrons. The molecular weight excluding hydrogens is 241 g/mol. The van der Waals surface area contributed by atoms with Crippen LogP contribution in [0.1, 0.15) is 18.5 Å². The Morgan fingerprint density at radius 3 is 2.06 bits per heavy atom. The van der Waals surface area contributed by atoms with E-state index in [0.29, 0.717) is 5.56 Å². The lowest BCUT2D eigenvalue weighted by molar-refractivity contribution is -0.247. The first kappa shape index (κ1) is 13.6. The SMILES string of the molecule is C[C@H](N=CC(F)(F)C(F)(F)F)c1ccccc1. The van der Waals surface area contributed by atoms with E-state index < -0.39 is 18.1 Å². The quantitative estimate of drug-likeness (QED) is 0.568. The molecule has 0 spiro atoms. The van der Waals surface area contributed by atoms with Gasteiger partial charge in [-0.05, 0) is 12.5 Å². The highest BCUT2D eigenvalue weighted by atomic mass is 19.4. The standard InChI is InChI=1S/C11H10F5N/c1-8(9-5-3-2-4-6-9)17-7-10(12,13)11(14,15)16/h2-8H,1H3/t8-/m0/s1. The predicted molar refractivity (Wildman–Crippen MR) is 54.4 cm³/mol. The highest BCUT2D eigenvalue weighted by Gasteiger charge is 2.56. The zero-order chi connectivity index (χ0) is 13.1. The van der Waals surface area contributed by atoms with E-state index in [2.05, 4.69) is 4.99 Å². The summed E-state index contributed by atoms with van der Waals surface area (Å²) >= 11 is 0. The monoisotopic (exact) mass is 251 g/mol. The molecule has 0 saturated heterocycles. The van der Waals surface area contributed by atoms with Crippen molar-refractivity contribution < 1.29 is 22.0 Å². The molecule has 0 aliphatic carbocycles. The smallest absolute Gasteiger partial charge is 0.283 e. The van der Waals surface area contributed by atoms with Gasteiger partial charge in [-0.1, -0.05) is 30.3 Å². The van der Waals surface area contributed by atoms with Crippen LogP contribution in [0.5, 0.6) is 0 Å². The van der Waals surface area contributed by atoms with Crippen molar-refractivity contribution in [2.45, 2.75) is 25.1 Å². The van der Waals surface area contributed by atoms with Crippen molar-refractivity contribution in [3.63, 3.8) is 0 Å². The van der Waals surface area contributed by atoms with Gasteiger partial charge < -0.3 is 0 Å². The first-order valence-corrected chi connectivity index (χ1v) is 4.78. The van der Waals surface area contributed by atoms with E-state index in [1.165, 1.54) is 6.92 Å². The Labute approximate surface area is 95.0 Å². The Kier molecular flexibility index (Phi) is 3.85. The second-order valence-corrected chi connectivity index (χ2v) is 3.49. The van der Waals surface area contributed by atoms with Gasteiger partial charge in [-0.15, -0.1) is 0 Å². The van der Waals surface area contributed by atoms with Crippen LogP contribution in [0.3, 0.4) is 0 Å². The van der Waals surface area contributed by atoms with Crippen LogP contribution < -0.4 is 0 Å². The van der Waals surface area contributed by atoms with Crippen LogP contribution in [0.25, 0.3) is 0 Å². The Morgan fingerprint density at radius 1 is 1.06 bits per heavy atom. The van der Waals surface area contributed by atoms with Gasteiger partial charge in [0.25, 0.3) is 0 Å². The summed E-state index contributed by atoms with van der Waals surface area (Å²) in [6, 6.07) is 7.49. The van der Waals surface area contributed by atoms with Crippen molar-refractivity contribution >= 4 is 6.21 Å². The summed E-state index contributed by atoms with van der Waals surface area (Å²) in [7, 11) is 0. The Bertz CT molecular complexity index is 383. The third-order valence-electron chi connectivity index (χ3n) is 2.12. The average molecular weight is 251 g/mol. The minimum absolute atomic E-state index is 0.343. The summed E-state index contributed by atoms with van der Waals surface area (Å²) in [6.07, 6.45) is -5.95. The number of hydrogen-bond donors (Lipinski definition) is 0. The molecule has 0 unspecified atom stereocenters. The zero-order valence-electron chi connectivity index (χ0n) is 8.88. The molecule has 17 heavy (non-hydrogen) atoms. The normalized spacial score (nSPS) is 15.2. The van der Waals surface area contributed by atoms with Crippen molar-refractivity contribution in [1.29, 1.82) is 0 Å². The number of aliphatic imine (C=N–C) groups is 1. The molecule has 0 fully saturated rings. The summed E-state index contributed by atoms with van der Waals surface area (Å²) < 4.78 is 60.6. The molecule has 0 heterocycles. The molecule has 0 aromatic heterocycles. The molecule has 0 radical (unpaired) electrons. The van der Waals surface area contributed by atoms with Gasteiger partial charge in [0.15, 0.2) is 0 Å². The maximum Gasteiger partial charge on any atom is 0.459 e. The fourth-order valence-corrected chi connectivity index (χ4v) is 1.10. The van der Waals surface area contributed by atoms with Crippen LogP contribution in [0.2, 0.25) is 0 Å². The van der Waals surface area contributed by atoms with Crippen molar-refractivity contribution in [1.82, 2.24) is 0 Å². The molecule has 0 amide bonds. The number of halogens is 5. The van der Waals surface area contributed by atoms with E-state index in [-0.39, 0.29) is 6.21 Å². The van der Waals surface area contributed by atoms with Crippen molar-refractivity contribution in [3.8, 4) is 0 Å². The number of rotatable bonds is 3. The highest BCUT2D eigenvalue weighted by Crippen LogP contribution is 2.34. The molecule has 6 heteroatoms. The Morgan fingerprint density at radius 2 is 1.59 bits per heavy atom. The largest absolute Gasteiger partial charge is 0.459 e. The first-order valence-electron chi connectivity index (χ1n) is 4.78. The second-order valence-electron chi connectivity index (χ2n) is 3.49. The van der Waals surface area contributed by atoms with Gasteiger partial charge in [0.05, 0.1) is 12.3 Å². The summed E-state index contributed by atoms with van der Waals surface area (Å²) in [6.45, 7) is 1.44. The number of nitrogens with zero attached hydrogens (tertiary/aromatic N) is 1. The number of benzene rings is 1. The summed E-state index contributed by atoms with van der Waals surface area (Å²) in [5.74, 6) is -4.89. The minimum atomic E-state index is -5.60. The topological polar surface area (TPSA) is 12.4 Å². The van der Waals surface area contributed by atoms with E-state index in [4.69, 9.17) is 0 Å². The molecule has 1 nitrogen and oxygen atoms in total. The lowest BCUT2D eigenvalue weighted by Gasteiger charge is -2.15. The lowest BCUT2D eigenvalue weighted by atomic mass is 10.1. The predicted octanol–water partition coefficient (Wildman–Crippen LogP) is 4.02. The van der Waals surface area contributed by atoms with Crippen LogP contribution in [0.4, 0.5) is 22.0 Å². The van der Waals surface area contributed by atoms with Crippen LogP contribution in [0, 0.1) is 0 Å². The van der Waals surface area contributed by atoms with E-state index in [9.17, 15) is 22.0 Å². The Balaban J connectivity index is 2.79. The van der Waals surface area contributed by atoms with Gasteiger partial charge >= 0.3 is 12.1 Å². The van der Waals surface area contributed by atoms with E-state index in [1.54, 1.807) is 30.3 Å². The van der Waals surface area contributed by atoms with Crippen molar-refractivity contribution in [2.24, 2.45) is 4.99 Å². The van der Waals surface area contributed by atoms with E-state index in [0.717, 1.165) is 0 Å². The number of alkyl halides is 5. The molecule has 1 rings (SSSR count). The van der Waals surface area contributed by atoms with Gasteiger partial charge in [0.2, 0.25) is 0 Å². The lowest BCUT2D eigenvalue weighted by Crippen LogP contribution is -2.37. The molecule has 0 saturated carbocycles. The molecule has 0 aliphatic rings. The fraction of sp³-hybridized carbons (Fsp3) is 0.364. The molecule has 0 bridgehead atoms. The first-order chi connectivity index (χ1) is 7.74. The third-order valence-corrected chi connectivity index (χ3v) is 2.12. The maximum atomic E-state index is 12.5. The van der Waals surface area contributed by atoms with Gasteiger partial charge in [0, 0.05) is 0 Å². The van der Waals surface area contributed by atoms with E-state index >= 15 is 0 Å². The molecule has 0 N–H and O–H groups in total. The van der Waals surface area contributed by atoms with Crippen LogP contribution in [-0.2, 0) is 0 Å². The fourth-order valence-electron chi connectivity index (χ4n) is 1.10.